The molecule has 0 aromatic heterocycles. The van der Waals surface area contributed by atoms with E-state index in [0.29, 0.717) is 17.5 Å². The topological polar surface area (TPSA) is 21.3 Å². The molecule has 1 aliphatic rings. The van der Waals surface area contributed by atoms with Crippen molar-refractivity contribution in [2.75, 3.05) is 18.5 Å². The highest BCUT2D eigenvalue weighted by Crippen LogP contribution is 2.23. The Morgan fingerprint density at radius 1 is 1.50 bits per heavy atom. The molecule has 0 spiro atoms. The van der Waals surface area contributed by atoms with Gasteiger partial charge in [0.15, 0.2) is 0 Å². The van der Waals surface area contributed by atoms with E-state index in [1.807, 2.05) is 6.07 Å². The molecule has 2 unspecified atom stereocenters. The van der Waals surface area contributed by atoms with Crippen molar-refractivity contribution in [3.8, 4) is 0 Å². The molecule has 1 saturated heterocycles. The molecule has 0 amide bonds. The third-order valence-corrected chi connectivity index (χ3v) is 3.32. The van der Waals surface area contributed by atoms with Crippen LogP contribution in [0.25, 0.3) is 0 Å². The first-order valence-electron chi connectivity index (χ1n) is 5.78. The lowest BCUT2D eigenvalue weighted by Crippen LogP contribution is -2.26. The highest BCUT2D eigenvalue weighted by molar-refractivity contribution is 5.51. The maximum absolute atomic E-state index is 13.3. The Labute approximate surface area is 95.8 Å². The summed E-state index contributed by atoms with van der Waals surface area (Å²) in [6.07, 6.45) is 1.09. The molecule has 0 saturated carbocycles. The summed E-state index contributed by atoms with van der Waals surface area (Å²) in [5.74, 6) is 0.377. The van der Waals surface area contributed by atoms with Gasteiger partial charge in [-0.25, -0.2) is 4.39 Å². The molecule has 0 radical (unpaired) electrons. The van der Waals surface area contributed by atoms with E-state index in [1.165, 1.54) is 6.07 Å². The number of halogens is 1. The van der Waals surface area contributed by atoms with Crippen molar-refractivity contribution >= 4 is 5.69 Å². The third-order valence-electron chi connectivity index (χ3n) is 3.32. The number of nitrogens with one attached hydrogen (secondary N) is 1. The van der Waals surface area contributed by atoms with Crippen LogP contribution in [0.15, 0.2) is 18.2 Å². The molecular weight excluding hydrogens is 205 g/mol. The Kier molecular flexibility index (Phi) is 3.44. The molecule has 3 heteroatoms. The average molecular weight is 223 g/mol. The van der Waals surface area contributed by atoms with Crippen LogP contribution in [-0.4, -0.2) is 19.3 Å². The quantitative estimate of drug-likeness (QED) is 0.850. The van der Waals surface area contributed by atoms with Crippen LogP contribution in [-0.2, 0) is 4.74 Å². The average Bonchev–Trinajstić information content (AvgIpc) is 2.78. The van der Waals surface area contributed by atoms with Crippen LogP contribution in [0.1, 0.15) is 18.9 Å². The molecule has 88 valence electrons. The molecule has 1 N–H and O–H groups in total. The van der Waals surface area contributed by atoms with Gasteiger partial charge in [-0.05, 0) is 32.4 Å². The number of anilines is 1. The summed E-state index contributed by atoms with van der Waals surface area (Å²) < 4.78 is 18.7. The minimum absolute atomic E-state index is 0.153. The van der Waals surface area contributed by atoms with E-state index < -0.39 is 0 Å². The molecule has 0 aliphatic carbocycles. The van der Waals surface area contributed by atoms with E-state index in [2.05, 4.69) is 12.2 Å². The van der Waals surface area contributed by atoms with Crippen LogP contribution < -0.4 is 5.32 Å². The van der Waals surface area contributed by atoms with Crippen LogP contribution in [0.3, 0.4) is 0 Å². The largest absolute Gasteiger partial charge is 0.382 e. The molecule has 2 rings (SSSR count). The van der Waals surface area contributed by atoms with Gasteiger partial charge < -0.3 is 10.1 Å². The fourth-order valence-electron chi connectivity index (χ4n) is 2.07. The molecule has 1 aliphatic heterocycles. The van der Waals surface area contributed by atoms with Crippen molar-refractivity contribution in [1.29, 1.82) is 0 Å². The lowest BCUT2D eigenvalue weighted by Gasteiger charge is -2.21. The van der Waals surface area contributed by atoms with Crippen LogP contribution >= 0.6 is 0 Å². The molecule has 0 bridgehead atoms. The van der Waals surface area contributed by atoms with Gasteiger partial charge >= 0.3 is 0 Å². The number of benzene rings is 1. The fraction of sp³-hybridized carbons (Fsp3) is 0.538. The first kappa shape index (κ1) is 11.4. The maximum Gasteiger partial charge on any atom is 0.128 e. The van der Waals surface area contributed by atoms with Crippen LogP contribution in [0.5, 0.6) is 0 Å². The van der Waals surface area contributed by atoms with Gasteiger partial charge in [0, 0.05) is 29.8 Å². The Bertz CT molecular complexity index is 361. The van der Waals surface area contributed by atoms with E-state index in [1.54, 1.807) is 13.0 Å². The van der Waals surface area contributed by atoms with Crippen LogP contribution in [0.2, 0.25) is 0 Å². The van der Waals surface area contributed by atoms with Gasteiger partial charge in [-0.3, -0.25) is 0 Å². The van der Waals surface area contributed by atoms with E-state index in [9.17, 15) is 4.39 Å². The van der Waals surface area contributed by atoms with Gasteiger partial charge in [0.05, 0.1) is 6.61 Å². The minimum Gasteiger partial charge on any atom is -0.382 e. The molecular formula is C13H18FNO. The van der Waals surface area contributed by atoms with Gasteiger partial charge in [0.2, 0.25) is 0 Å². The summed E-state index contributed by atoms with van der Waals surface area (Å²) in [4.78, 5) is 0. The van der Waals surface area contributed by atoms with Crippen LogP contribution in [0.4, 0.5) is 10.1 Å². The molecule has 1 heterocycles. The van der Waals surface area contributed by atoms with Gasteiger partial charge in [-0.1, -0.05) is 6.07 Å². The summed E-state index contributed by atoms with van der Waals surface area (Å²) in [6.45, 7) is 5.58. The number of rotatable bonds is 3. The Hall–Kier alpha value is -1.09. The molecule has 2 nitrogen and oxygen atoms in total. The lowest BCUT2D eigenvalue weighted by molar-refractivity contribution is 0.183. The van der Waals surface area contributed by atoms with Crippen molar-refractivity contribution in [1.82, 2.24) is 0 Å². The second-order valence-electron chi connectivity index (χ2n) is 4.47. The molecule has 2 atom stereocenters. The Morgan fingerprint density at radius 2 is 2.31 bits per heavy atom. The summed E-state index contributed by atoms with van der Waals surface area (Å²) in [6, 6.07) is 5.47. The second-order valence-corrected chi connectivity index (χ2v) is 4.47. The SMILES string of the molecule is Cc1c(F)cccc1NC(C)C1CCOC1. The standard InChI is InChI=1S/C13H18FNO/c1-9-12(14)4-3-5-13(9)15-10(2)11-6-7-16-8-11/h3-5,10-11,15H,6-8H2,1-2H3. The predicted octanol–water partition coefficient (Wildman–Crippen LogP) is 2.97. The maximum atomic E-state index is 13.3. The minimum atomic E-state index is -0.153. The van der Waals surface area contributed by atoms with E-state index in [-0.39, 0.29) is 5.82 Å². The molecule has 16 heavy (non-hydrogen) atoms. The Balaban J connectivity index is 2.05. The lowest BCUT2D eigenvalue weighted by atomic mass is 10.00. The summed E-state index contributed by atoms with van der Waals surface area (Å²) in [5, 5.41) is 3.37. The summed E-state index contributed by atoms with van der Waals surface area (Å²) in [5.41, 5.74) is 1.58. The van der Waals surface area contributed by atoms with Crippen molar-refractivity contribution < 1.29 is 9.13 Å². The van der Waals surface area contributed by atoms with Crippen LogP contribution in [0, 0.1) is 18.7 Å². The zero-order chi connectivity index (χ0) is 11.5. The molecule has 1 aromatic carbocycles. The van der Waals surface area contributed by atoms with E-state index in [4.69, 9.17) is 4.74 Å². The summed E-state index contributed by atoms with van der Waals surface area (Å²) in [7, 11) is 0. The highest BCUT2D eigenvalue weighted by Gasteiger charge is 2.22. The summed E-state index contributed by atoms with van der Waals surface area (Å²) >= 11 is 0. The predicted molar refractivity (Wildman–Crippen MR) is 63.1 cm³/mol. The fourth-order valence-corrected chi connectivity index (χ4v) is 2.07. The zero-order valence-electron chi connectivity index (χ0n) is 9.79. The smallest absolute Gasteiger partial charge is 0.128 e. The Morgan fingerprint density at radius 3 is 3.00 bits per heavy atom. The number of ether oxygens (including phenoxy) is 1. The van der Waals surface area contributed by atoms with Gasteiger partial charge in [-0.15, -0.1) is 0 Å². The van der Waals surface area contributed by atoms with Gasteiger partial charge in [0.1, 0.15) is 5.82 Å². The van der Waals surface area contributed by atoms with Crippen molar-refractivity contribution in [3.05, 3.63) is 29.6 Å². The zero-order valence-corrected chi connectivity index (χ0v) is 9.79. The highest BCUT2D eigenvalue weighted by atomic mass is 19.1. The normalized spacial score (nSPS) is 22.1. The molecule has 1 fully saturated rings. The van der Waals surface area contributed by atoms with E-state index in [0.717, 1.165) is 25.3 Å². The van der Waals surface area contributed by atoms with Crippen molar-refractivity contribution in [2.24, 2.45) is 5.92 Å². The van der Waals surface area contributed by atoms with Crippen molar-refractivity contribution in [3.63, 3.8) is 0 Å². The number of hydrogen-bond acceptors (Lipinski definition) is 2. The number of hydrogen-bond donors (Lipinski definition) is 1. The monoisotopic (exact) mass is 223 g/mol. The van der Waals surface area contributed by atoms with Gasteiger partial charge in [0.25, 0.3) is 0 Å². The van der Waals surface area contributed by atoms with Crippen molar-refractivity contribution in [2.45, 2.75) is 26.3 Å². The first-order valence-corrected chi connectivity index (χ1v) is 5.78. The second kappa shape index (κ2) is 4.83. The van der Waals surface area contributed by atoms with Gasteiger partial charge in [-0.2, -0.15) is 0 Å². The van der Waals surface area contributed by atoms with E-state index >= 15 is 0 Å². The first-order chi connectivity index (χ1) is 7.68. The molecule has 1 aromatic rings. The third kappa shape index (κ3) is 2.35.